The first-order valence-corrected chi connectivity index (χ1v) is 6.98. The van der Waals surface area contributed by atoms with E-state index in [-0.39, 0.29) is 11.9 Å². The molecule has 0 aliphatic heterocycles. The van der Waals surface area contributed by atoms with Crippen LogP contribution in [0, 0.1) is 5.92 Å². The predicted octanol–water partition coefficient (Wildman–Crippen LogP) is 2.87. The van der Waals surface area contributed by atoms with E-state index in [0.717, 1.165) is 11.0 Å². The van der Waals surface area contributed by atoms with Crippen LogP contribution in [0.1, 0.15) is 43.0 Å². The number of H-pyrrole nitrogens is 1. The van der Waals surface area contributed by atoms with Gasteiger partial charge in [-0.25, -0.2) is 4.98 Å². The molecule has 1 atom stereocenters. The summed E-state index contributed by atoms with van der Waals surface area (Å²) in [7, 11) is 0. The molecule has 0 spiro atoms. The van der Waals surface area contributed by atoms with Crippen molar-refractivity contribution in [2.24, 2.45) is 5.92 Å². The van der Waals surface area contributed by atoms with Crippen LogP contribution in [-0.2, 0) is 0 Å². The summed E-state index contributed by atoms with van der Waals surface area (Å²) in [6, 6.07) is 5.83. The zero-order valence-corrected chi connectivity index (χ0v) is 11.1. The van der Waals surface area contributed by atoms with Crippen LogP contribution in [0.3, 0.4) is 0 Å². The maximum atomic E-state index is 12.2. The van der Waals surface area contributed by atoms with E-state index >= 15 is 0 Å². The Morgan fingerprint density at radius 2 is 2.21 bits per heavy atom. The van der Waals surface area contributed by atoms with E-state index in [1.54, 1.807) is 6.33 Å². The molecular weight excluding hydrogens is 238 g/mol. The third-order valence-corrected chi connectivity index (χ3v) is 4.15. The fourth-order valence-electron chi connectivity index (χ4n) is 2.94. The molecule has 1 aliphatic carbocycles. The van der Waals surface area contributed by atoms with Gasteiger partial charge in [-0.15, -0.1) is 0 Å². The van der Waals surface area contributed by atoms with Crippen LogP contribution in [-0.4, -0.2) is 21.9 Å². The van der Waals surface area contributed by atoms with Gasteiger partial charge in [-0.3, -0.25) is 4.79 Å². The largest absolute Gasteiger partial charge is 0.349 e. The van der Waals surface area contributed by atoms with Crippen LogP contribution in [0.15, 0.2) is 24.5 Å². The van der Waals surface area contributed by atoms with Gasteiger partial charge in [0.15, 0.2) is 0 Å². The molecule has 4 nitrogen and oxygen atoms in total. The fraction of sp³-hybridized carbons (Fsp3) is 0.467. The Kier molecular flexibility index (Phi) is 3.23. The molecule has 1 aromatic heterocycles. The number of imidazole rings is 1. The topological polar surface area (TPSA) is 57.8 Å². The highest BCUT2D eigenvalue weighted by atomic mass is 16.1. The summed E-state index contributed by atoms with van der Waals surface area (Å²) in [5, 5.41) is 3.12. The summed E-state index contributed by atoms with van der Waals surface area (Å²) in [6.45, 7) is 2.11. The number of hydrogen-bond donors (Lipinski definition) is 2. The molecule has 4 heteroatoms. The van der Waals surface area contributed by atoms with Crippen molar-refractivity contribution in [2.75, 3.05) is 0 Å². The van der Waals surface area contributed by atoms with Crippen molar-refractivity contribution in [3.05, 3.63) is 30.1 Å². The number of aromatic nitrogens is 2. The van der Waals surface area contributed by atoms with Crippen molar-refractivity contribution in [1.29, 1.82) is 0 Å². The summed E-state index contributed by atoms with van der Waals surface area (Å²) in [5.41, 5.74) is 2.49. The van der Waals surface area contributed by atoms with Gasteiger partial charge >= 0.3 is 0 Å². The molecule has 1 fully saturated rings. The molecule has 1 aliphatic rings. The maximum Gasteiger partial charge on any atom is 0.251 e. The molecule has 2 N–H and O–H groups in total. The molecule has 0 radical (unpaired) electrons. The minimum absolute atomic E-state index is 0.0101. The lowest BCUT2D eigenvalue weighted by Gasteiger charge is -2.20. The Labute approximate surface area is 112 Å². The molecule has 19 heavy (non-hydrogen) atoms. The molecule has 1 heterocycles. The van der Waals surface area contributed by atoms with Crippen molar-refractivity contribution in [3.8, 4) is 0 Å². The molecule has 1 amide bonds. The monoisotopic (exact) mass is 257 g/mol. The number of nitrogens with zero attached hydrogens (tertiary/aromatic N) is 1. The first-order valence-electron chi connectivity index (χ1n) is 6.98. The van der Waals surface area contributed by atoms with Crippen LogP contribution in [0.2, 0.25) is 0 Å². The number of benzene rings is 1. The van der Waals surface area contributed by atoms with E-state index in [4.69, 9.17) is 0 Å². The van der Waals surface area contributed by atoms with Crippen molar-refractivity contribution in [3.63, 3.8) is 0 Å². The number of fused-ring (bicyclic) bond motifs is 1. The van der Waals surface area contributed by atoms with Crippen LogP contribution < -0.4 is 5.32 Å². The van der Waals surface area contributed by atoms with Gasteiger partial charge in [-0.1, -0.05) is 12.8 Å². The van der Waals surface area contributed by atoms with E-state index in [0.29, 0.717) is 11.5 Å². The summed E-state index contributed by atoms with van der Waals surface area (Å²) in [4.78, 5) is 19.4. The van der Waals surface area contributed by atoms with Gasteiger partial charge in [0, 0.05) is 11.6 Å². The smallest absolute Gasteiger partial charge is 0.251 e. The van der Waals surface area contributed by atoms with Crippen molar-refractivity contribution >= 4 is 16.9 Å². The van der Waals surface area contributed by atoms with Gasteiger partial charge < -0.3 is 10.3 Å². The molecule has 100 valence electrons. The van der Waals surface area contributed by atoms with Gasteiger partial charge in [-0.2, -0.15) is 0 Å². The first kappa shape index (κ1) is 12.2. The highest BCUT2D eigenvalue weighted by Crippen LogP contribution is 2.27. The molecule has 1 saturated carbocycles. The lowest BCUT2D eigenvalue weighted by molar-refractivity contribution is 0.0927. The Bertz CT molecular complexity index is 584. The summed E-state index contributed by atoms with van der Waals surface area (Å²) in [6.07, 6.45) is 6.71. The molecule has 2 aromatic rings. The third kappa shape index (κ3) is 2.48. The van der Waals surface area contributed by atoms with Gasteiger partial charge in [-0.05, 0) is 43.9 Å². The number of nitrogens with one attached hydrogen (secondary N) is 2. The average Bonchev–Trinajstić information content (AvgIpc) is 3.09. The van der Waals surface area contributed by atoms with Gasteiger partial charge in [0.2, 0.25) is 0 Å². The Hall–Kier alpha value is -1.84. The molecular formula is C15H19N3O. The van der Waals surface area contributed by atoms with E-state index < -0.39 is 0 Å². The standard InChI is InChI=1S/C15H19N3O/c1-10(11-4-2-3-5-11)18-15(19)12-6-7-13-14(8-12)17-9-16-13/h6-11H,2-5H2,1H3,(H,16,17)(H,18,19). The number of amides is 1. The second kappa shape index (κ2) is 5.03. The average molecular weight is 257 g/mol. The van der Waals surface area contributed by atoms with Crippen LogP contribution >= 0.6 is 0 Å². The minimum atomic E-state index is 0.0101. The van der Waals surface area contributed by atoms with Crippen molar-refractivity contribution in [2.45, 2.75) is 38.6 Å². The molecule has 0 saturated heterocycles. The zero-order valence-electron chi connectivity index (χ0n) is 11.1. The highest BCUT2D eigenvalue weighted by molar-refractivity contribution is 5.97. The first-order chi connectivity index (χ1) is 9.24. The quantitative estimate of drug-likeness (QED) is 0.888. The third-order valence-electron chi connectivity index (χ3n) is 4.15. The number of rotatable bonds is 3. The number of aromatic amines is 1. The predicted molar refractivity (Wildman–Crippen MR) is 75.0 cm³/mol. The van der Waals surface area contributed by atoms with Crippen LogP contribution in [0.5, 0.6) is 0 Å². The second-order valence-corrected chi connectivity index (χ2v) is 5.44. The second-order valence-electron chi connectivity index (χ2n) is 5.44. The lowest BCUT2D eigenvalue weighted by Crippen LogP contribution is -2.37. The summed E-state index contributed by atoms with van der Waals surface area (Å²) in [5.74, 6) is 0.649. The highest BCUT2D eigenvalue weighted by Gasteiger charge is 2.23. The minimum Gasteiger partial charge on any atom is -0.349 e. The van der Waals surface area contributed by atoms with Gasteiger partial charge in [0.1, 0.15) is 0 Å². The SMILES string of the molecule is CC(NC(=O)c1ccc2nc[nH]c2c1)C1CCCC1. The van der Waals surface area contributed by atoms with E-state index in [1.807, 2.05) is 18.2 Å². The Morgan fingerprint density at radius 1 is 1.42 bits per heavy atom. The van der Waals surface area contributed by atoms with Crippen molar-refractivity contribution < 1.29 is 4.79 Å². The zero-order chi connectivity index (χ0) is 13.2. The van der Waals surface area contributed by atoms with E-state index in [9.17, 15) is 4.79 Å². The van der Waals surface area contributed by atoms with E-state index in [2.05, 4.69) is 22.2 Å². The molecule has 1 unspecified atom stereocenters. The van der Waals surface area contributed by atoms with Gasteiger partial charge in [0.25, 0.3) is 5.91 Å². The Morgan fingerprint density at radius 3 is 3.00 bits per heavy atom. The Balaban J connectivity index is 1.71. The number of hydrogen-bond acceptors (Lipinski definition) is 2. The normalized spacial score (nSPS) is 17.7. The maximum absolute atomic E-state index is 12.2. The number of carbonyl (C=O) groups is 1. The summed E-state index contributed by atoms with van der Waals surface area (Å²) >= 11 is 0. The number of carbonyl (C=O) groups excluding carboxylic acids is 1. The molecule has 0 bridgehead atoms. The van der Waals surface area contributed by atoms with Crippen LogP contribution in [0.25, 0.3) is 11.0 Å². The van der Waals surface area contributed by atoms with Crippen molar-refractivity contribution in [1.82, 2.24) is 15.3 Å². The molecule has 1 aromatic carbocycles. The van der Waals surface area contributed by atoms with E-state index in [1.165, 1.54) is 25.7 Å². The molecule has 3 rings (SSSR count). The van der Waals surface area contributed by atoms with Gasteiger partial charge in [0.05, 0.1) is 17.4 Å². The fourth-order valence-corrected chi connectivity index (χ4v) is 2.94. The lowest BCUT2D eigenvalue weighted by atomic mass is 9.99. The van der Waals surface area contributed by atoms with Crippen LogP contribution in [0.4, 0.5) is 0 Å². The summed E-state index contributed by atoms with van der Waals surface area (Å²) < 4.78 is 0.